The Bertz CT molecular complexity index is 749. The van der Waals surface area contributed by atoms with E-state index in [2.05, 4.69) is 4.90 Å². The minimum atomic E-state index is -0.243. The van der Waals surface area contributed by atoms with Gasteiger partial charge in [-0.1, -0.05) is 30.3 Å². The largest absolute Gasteiger partial charge is 0.494 e. The quantitative estimate of drug-likeness (QED) is 0.212. The van der Waals surface area contributed by atoms with Crippen molar-refractivity contribution in [1.29, 1.82) is 0 Å². The van der Waals surface area contributed by atoms with Crippen LogP contribution in [0, 0.1) is 0 Å². The summed E-state index contributed by atoms with van der Waals surface area (Å²) in [5.41, 5.74) is 1.33. The fourth-order valence-corrected chi connectivity index (χ4v) is 2.92. The molecule has 0 radical (unpaired) electrons. The van der Waals surface area contributed by atoms with Gasteiger partial charge in [0, 0.05) is 30.1 Å². The maximum atomic E-state index is 12.4. The van der Waals surface area contributed by atoms with Crippen molar-refractivity contribution in [3.8, 4) is 5.75 Å². The lowest BCUT2D eigenvalue weighted by atomic mass is 10.0. The second kappa shape index (κ2) is 13.0. The van der Waals surface area contributed by atoms with Crippen LogP contribution < -0.4 is 4.74 Å². The summed E-state index contributed by atoms with van der Waals surface area (Å²) in [5, 5.41) is 0. The Balaban J connectivity index is 1.61. The average molecular weight is 418 g/mol. The predicted octanol–water partition coefficient (Wildman–Crippen LogP) is 4.18. The summed E-state index contributed by atoms with van der Waals surface area (Å²) in [6, 6.07) is 16.5. The van der Waals surface area contributed by atoms with E-state index in [4.69, 9.17) is 21.1 Å². The molecule has 156 valence electrons. The van der Waals surface area contributed by atoms with E-state index in [-0.39, 0.29) is 18.2 Å². The number of hydrogen-bond donors (Lipinski definition) is 0. The van der Waals surface area contributed by atoms with Gasteiger partial charge in [-0.3, -0.25) is 9.59 Å². The van der Waals surface area contributed by atoms with E-state index >= 15 is 0 Å². The Labute approximate surface area is 177 Å². The van der Waals surface area contributed by atoms with Gasteiger partial charge in [0.25, 0.3) is 0 Å². The zero-order valence-corrected chi connectivity index (χ0v) is 17.6. The molecule has 0 aliphatic rings. The first kappa shape index (κ1) is 22.9. The van der Waals surface area contributed by atoms with Crippen LogP contribution >= 0.6 is 11.6 Å². The van der Waals surface area contributed by atoms with Crippen LogP contribution in [0.2, 0.25) is 0 Å². The lowest BCUT2D eigenvalue weighted by Crippen LogP contribution is -2.23. The first-order chi connectivity index (χ1) is 14.1. The van der Waals surface area contributed by atoms with Gasteiger partial charge in [0.2, 0.25) is 0 Å². The summed E-state index contributed by atoms with van der Waals surface area (Å²) in [7, 11) is 2.03. The number of halogens is 1. The number of alkyl halides is 1. The number of ketones is 1. The van der Waals surface area contributed by atoms with Crippen molar-refractivity contribution in [2.24, 2.45) is 0 Å². The monoisotopic (exact) mass is 417 g/mol. The number of nitrogens with zero attached hydrogens (tertiary/aromatic N) is 1. The highest BCUT2D eigenvalue weighted by atomic mass is 35.5. The normalized spacial score (nSPS) is 10.7. The molecule has 5 nitrogen and oxygen atoms in total. The van der Waals surface area contributed by atoms with E-state index in [1.165, 1.54) is 0 Å². The minimum absolute atomic E-state index is 0.00658. The standard InChI is InChI=1S/C23H28ClNO4/c1-25(16-6-18-29-22(26)13-14-24)15-5-17-28-21-11-9-20(10-12-21)23(27)19-7-3-2-4-8-19/h2-4,7-12H,5-6,13-18H2,1H3. The minimum Gasteiger partial charge on any atom is -0.494 e. The third-order valence-electron chi connectivity index (χ3n) is 4.35. The van der Waals surface area contributed by atoms with Crippen LogP contribution in [-0.2, 0) is 9.53 Å². The van der Waals surface area contributed by atoms with Gasteiger partial charge >= 0.3 is 5.97 Å². The highest BCUT2D eigenvalue weighted by Crippen LogP contribution is 2.15. The number of esters is 1. The zero-order valence-electron chi connectivity index (χ0n) is 16.8. The first-order valence-electron chi connectivity index (χ1n) is 9.83. The van der Waals surface area contributed by atoms with Gasteiger partial charge in [0.05, 0.1) is 19.6 Å². The van der Waals surface area contributed by atoms with Crippen LogP contribution in [0.25, 0.3) is 0 Å². The van der Waals surface area contributed by atoms with Gasteiger partial charge in [-0.15, -0.1) is 11.6 Å². The molecule has 0 spiro atoms. The van der Waals surface area contributed by atoms with E-state index in [0.717, 1.165) is 31.7 Å². The molecule has 0 aliphatic heterocycles. The smallest absolute Gasteiger partial charge is 0.306 e. The van der Waals surface area contributed by atoms with Crippen molar-refractivity contribution < 1.29 is 19.1 Å². The second-order valence-electron chi connectivity index (χ2n) is 6.74. The Morgan fingerprint density at radius 1 is 0.897 bits per heavy atom. The van der Waals surface area contributed by atoms with Crippen LogP contribution in [0.15, 0.2) is 54.6 Å². The van der Waals surface area contributed by atoms with Gasteiger partial charge in [-0.25, -0.2) is 0 Å². The van der Waals surface area contributed by atoms with E-state index in [1.807, 2.05) is 49.5 Å². The number of carbonyl (C=O) groups excluding carboxylic acids is 2. The number of ether oxygens (including phenoxy) is 2. The molecule has 0 fully saturated rings. The summed E-state index contributed by atoms with van der Waals surface area (Å²) in [6.07, 6.45) is 1.94. The lowest BCUT2D eigenvalue weighted by molar-refractivity contribution is -0.143. The molecule has 0 unspecified atom stereocenters. The van der Waals surface area contributed by atoms with Crippen molar-refractivity contribution in [3.05, 3.63) is 65.7 Å². The predicted molar refractivity (Wildman–Crippen MR) is 115 cm³/mol. The maximum Gasteiger partial charge on any atom is 0.306 e. The Hall–Kier alpha value is -2.37. The summed E-state index contributed by atoms with van der Waals surface area (Å²) in [5.74, 6) is 0.813. The van der Waals surface area contributed by atoms with Gasteiger partial charge < -0.3 is 14.4 Å². The van der Waals surface area contributed by atoms with Crippen LogP contribution in [0.1, 0.15) is 35.2 Å². The molecular formula is C23H28ClNO4. The molecule has 2 rings (SSSR count). The van der Waals surface area contributed by atoms with Crippen molar-refractivity contribution in [3.63, 3.8) is 0 Å². The van der Waals surface area contributed by atoms with E-state index in [1.54, 1.807) is 12.1 Å². The summed E-state index contributed by atoms with van der Waals surface area (Å²) < 4.78 is 10.8. The van der Waals surface area contributed by atoms with Gasteiger partial charge in [0.15, 0.2) is 5.78 Å². The van der Waals surface area contributed by atoms with Crippen LogP contribution in [0.3, 0.4) is 0 Å². The SMILES string of the molecule is CN(CCCOC(=O)CCCl)CCCOc1ccc(C(=O)c2ccccc2)cc1. The van der Waals surface area contributed by atoms with Gasteiger partial charge in [-0.05, 0) is 44.2 Å². The fraction of sp³-hybridized carbons (Fsp3) is 0.391. The van der Waals surface area contributed by atoms with E-state index < -0.39 is 0 Å². The van der Waals surface area contributed by atoms with E-state index in [9.17, 15) is 9.59 Å². The molecule has 0 amide bonds. The van der Waals surface area contributed by atoms with Crippen LogP contribution in [-0.4, -0.2) is 55.9 Å². The van der Waals surface area contributed by atoms with Crippen LogP contribution in [0.5, 0.6) is 5.75 Å². The van der Waals surface area contributed by atoms with Crippen molar-refractivity contribution in [1.82, 2.24) is 4.90 Å². The molecule has 0 aliphatic carbocycles. The Morgan fingerprint density at radius 2 is 1.52 bits per heavy atom. The topological polar surface area (TPSA) is 55.8 Å². The summed E-state index contributed by atoms with van der Waals surface area (Å²) >= 11 is 5.49. The molecule has 29 heavy (non-hydrogen) atoms. The average Bonchev–Trinajstić information content (AvgIpc) is 2.75. The molecule has 0 bridgehead atoms. The molecule has 0 aromatic heterocycles. The molecule has 0 atom stereocenters. The second-order valence-corrected chi connectivity index (χ2v) is 7.12. The molecule has 2 aromatic rings. The number of carbonyl (C=O) groups is 2. The molecule has 0 N–H and O–H groups in total. The lowest BCUT2D eigenvalue weighted by Gasteiger charge is -2.16. The van der Waals surface area contributed by atoms with E-state index in [0.29, 0.717) is 30.2 Å². The Morgan fingerprint density at radius 3 is 2.17 bits per heavy atom. The molecular weight excluding hydrogens is 390 g/mol. The fourth-order valence-electron chi connectivity index (χ4n) is 2.76. The van der Waals surface area contributed by atoms with Crippen molar-refractivity contribution in [2.75, 3.05) is 39.2 Å². The zero-order chi connectivity index (χ0) is 20.9. The molecule has 0 saturated carbocycles. The van der Waals surface area contributed by atoms with Gasteiger partial charge in [0.1, 0.15) is 5.75 Å². The highest BCUT2D eigenvalue weighted by molar-refractivity contribution is 6.18. The van der Waals surface area contributed by atoms with Crippen molar-refractivity contribution >= 4 is 23.4 Å². The first-order valence-corrected chi connectivity index (χ1v) is 10.4. The highest BCUT2D eigenvalue weighted by Gasteiger charge is 2.08. The van der Waals surface area contributed by atoms with Gasteiger partial charge in [-0.2, -0.15) is 0 Å². The number of rotatable bonds is 13. The third-order valence-corrected chi connectivity index (χ3v) is 4.54. The number of hydrogen-bond acceptors (Lipinski definition) is 5. The summed E-state index contributed by atoms with van der Waals surface area (Å²) in [4.78, 5) is 25.8. The maximum absolute atomic E-state index is 12.4. The molecule has 2 aromatic carbocycles. The molecule has 0 saturated heterocycles. The van der Waals surface area contributed by atoms with Crippen LogP contribution in [0.4, 0.5) is 0 Å². The molecule has 0 heterocycles. The number of benzene rings is 2. The molecule has 6 heteroatoms. The Kier molecular flexibility index (Phi) is 10.2. The summed E-state index contributed by atoms with van der Waals surface area (Å²) in [6.45, 7) is 2.76. The van der Waals surface area contributed by atoms with Crippen molar-refractivity contribution in [2.45, 2.75) is 19.3 Å². The third kappa shape index (κ3) is 8.67.